The van der Waals surface area contributed by atoms with Gasteiger partial charge in [-0.15, -0.1) is 0 Å². The molecule has 1 heterocycles. The molecule has 0 aliphatic carbocycles. The van der Waals surface area contributed by atoms with Gasteiger partial charge in [-0.05, 0) is 6.42 Å². The van der Waals surface area contributed by atoms with Crippen molar-refractivity contribution in [3.8, 4) is 0 Å². The standard InChI is InChI=1S/C15H27N5O/c1-7-8-20(10-13(21)17-6)12-9-11(16-5)18-14(19-12)15(2,3)4/h9H,7-8,10H2,1-6H3,(H,17,21)(H,16,18,19). The fourth-order valence-corrected chi connectivity index (χ4v) is 1.86. The first kappa shape index (κ1) is 17.2. The van der Waals surface area contributed by atoms with E-state index in [2.05, 4.69) is 48.3 Å². The fraction of sp³-hybridized carbons (Fsp3) is 0.667. The Hall–Kier alpha value is -1.85. The Morgan fingerprint density at radius 2 is 1.95 bits per heavy atom. The summed E-state index contributed by atoms with van der Waals surface area (Å²) in [6.07, 6.45) is 0.945. The van der Waals surface area contributed by atoms with Crippen LogP contribution < -0.4 is 15.5 Å². The molecule has 1 amide bonds. The molecule has 118 valence electrons. The van der Waals surface area contributed by atoms with Gasteiger partial charge in [0.1, 0.15) is 17.5 Å². The lowest BCUT2D eigenvalue weighted by Crippen LogP contribution is -2.37. The second kappa shape index (κ2) is 7.24. The molecule has 0 radical (unpaired) electrons. The maximum Gasteiger partial charge on any atom is 0.239 e. The van der Waals surface area contributed by atoms with Crippen molar-refractivity contribution in [1.29, 1.82) is 0 Å². The highest BCUT2D eigenvalue weighted by atomic mass is 16.1. The molecule has 0 spiro atoms. The number of carbonyl (C=O) groups excluding carboxylic acids is 1. The number of hydrogen-bond donors (Lipinski definition) is 2. The molecule has 0 aliphatic rings. The highest BCUT2D eigenvalue weighted by Gasteiger charge is 2.21. The lowest BCUT2D eigenvalue weighted by atomic mass is 9.96. The summed E-state index contributed by atoms with van der Waals surface area (Å²) in [5, 5.41) is 5.72. The minimum absolute atomic E-state index is 0.0228. The third-order valence-electron chi connectivity index (χ3n) is 3.07. The van der Waals surface area contributed by atoms with E-state index in [1.54, 1.807) is 7.05 Å². The molecule has 21 heavy (non-hydrogen) atoms. The zero-order valence-corrected chi connectivity index (χ0v) is 13.9. The summed E-state index contributed by atoms with van der Waals surface area (Å²) in [6, 6.07) is 1.88. The van der Waals surface area contributed by atoms with Crippen molar-refractivity contribution in [3.63, 3.8) is 0 Å². The normalized spacial score (nSPS) is 11.1. The Bertz CT molecular complexity index is 481. The lowest BCUT2D eigenvalue weighted by Gasteiger charge is -2.25. The summed E-state index contributed by atoms with van der Waals surface area (Å²) in [5.74, 6) is 2.29. The molecule has 0 aliphatic heterocycles. The summed E-state index contributed by atoms with van der Waals surface area (Å²) in [6.45, 7) is 9.39. The van der Waals surface area contributed by atoms with Crippen molar-refractivity contribution in [1.82, 2.24) is 15.3 Å². The van der Waals surface area contributed by atoms with E-state index < -0.39 is 0 Å². The first-order valence-corrected chi connectivity index (χ1v) is 7.34. The van der Waals surface area contributed by atoms with Gasteiger partial charge in [0.15, 0.2) is 0 Å². The molecule has 0 saturated heterocycles. The van der Waals surface area contributed by atoms with Gasteiger partial charge in [0.2, 0.25) is 5.91 Å². The quantitative estimate of drug-likeness (QED) is 0.836. The summed E-state index contributed by atoms with van der Waals surface area (Å²) in [5.41, 5.74) is -0.146. The van der Waals surface area contributed by atoms with E-state index in [1.165, 1.54) is 0 Å². The Labute approximate surface area is 127 Å². The van der Waals surface area contributed by atoms with Crippen molar-refractivity contribution in [3.05, 3.63) is 11.9 Å². The molecule has 1 rings (SSSR count). The van der Waals surface area contributed by atoms with Crippen molar-refractivity contribution in [2.75, 3.05) is 37.4 Å². The summed E-state index contributed by atoms with van der Waals surface area (Å²) >= 11 is 0. The minimum atomic E-state index is -0.146. The number of aromatic nitrogens is 2. The average molecular weight is 293 g/mol. The highest BCUT2D eigenvalue weighted by molar-refractivity contribution is 5.80. The maximum atomic E-state index is 11.7. The van der Waals surface area contributed by atoms with Crippen LogP contribution in [0.2, 0.25) is 0 Å². The number of anilines is 2. The minimum Gasteiger partial charge on any atom is -0.373 e. The van der Waals surface area contributed by atoms with Gasteiger partial charge in [0, 0.05) is 32.1 Å². The molecule has 6 nitrogen and oxygen atoms in total. The van der Waals surface area contributed by atoms with E-state index in [4.69, 9.17) is 0 Å². The predicted molar refractivity (Wildman–Crippen MR) is 86.8 cm³/mol. The Kier molecular flexibility index (Phi) is 5.93. The van der Waals surface area contributed by atoms with Crippen LogP contribution in [0.3, 0.4) is 0 Å². The van der Waals surface area contributed by atoms with Gasteiger partial charge in [-0.2, -0.15) is 0 Å². The molecule has 0 unspecified atom stereocenters. The van der Waals surface area contributed by atoms with E-state index in [0.29, 0.717) is 6.54 Å². The molecule has 1 aromatic rings. The summed E-state index contributed by atoms with van der Waals surface area (Å²) in [7, 11) is 3.48. The zero-order chi connectivity index (χ0) is 16.0. The maximum absolute atomic E-state index is 11.7. The number of hydrogen-bond acceptors (Lipinski definition) is 5. The second-order valence-corrected chi connectivity index (χ2v) is 6.03. The monoisotopic (exact) mass is 293 g/mol. The molecule has 0 saturated carbocycles. The third-order valence-corrected chi connectivity index (χ3v) is 3.07. The first-order valence-electron chi connectivity index (χ1n) is 7.34. The van der Waals surface area contributed by atoms with Gasteiger partial charge in [-0.3, -0.25) is 4.79 Å². The number of carbonyl (C=O) groups is 1. The van der Waals surface area contributed by atoms with Gasteiger partial charge in [-0.1, -0.05) is 27.7 Å². The van der Waals surface area contributed by atoms with Crippen LogP contribution in [0.25, 0.3) is 0 Å². The number of amides is 1. The van der Waals surface area contributed by atoms with E-state index >= 15 is 0 Å². The molecule has 2 N–H and O–H groups in total. The van der Waals surface area contributed by atoms with Crippen LogP contribution in [0.15, 0.2) is 6.07 Å². The van der Waals surface area contributed by atoms with Gasteiger partial charge < -0.3 is 15.5 Å². The molecule has 0 fully saturated rings. The van der Waals surface area contributed by atoms with E-state index in [0.717, 1.165) is 30.4 Å². The number of likely N-dealkylation sites (N-methyl/N-ethyl adjacent to an activating group) is 1. The zero-order valence-electron chi connectivity index (χ0n) is 13.9. The fourth-order valence-electron chi connectivity index (χ4n) is 1.86. The molecule has 6 heteroatoms. The van der Waals surface area contributed by atoms with Crippen LogP contribution >= 0.6 is 0 Å². The Balaban J connectivity index is 3.20. The lowest BCUT2D eigenvalue weighted by molar-refractivity contribution is -0.119. The van der Waals surface area contributed by atoms with Crippen LogP contribution in [0.5, 0.6) is 0 Å². The second-order valence-electron chi connectivity index (χ2n) is 6.03. The number of rotatable bonds is 6. The molecule has 1 aromatic heterocycles. The number of nitrogens with zero attached hydrogens (tertiary/aromatic N) is 3. The largest absolute Gasteiger partial charge is 0.373 e. The van der Waals surface area contributed by atoms with Crippen LogP contribution in [0.4, 0.5) is 11.6 Å². The van der Waals surface area contributed by atoms with Crippen LogP contribution in [-0.4, -0.2) is 43.1 Å². The molecule has 0 bridgehead atoms. The van der Waals surface area contributed by atoms with Gasteiger partial charge in [-0.25, -0.2) is 9.97 Å². The van der Waals surface area contributed by atoms with Gasteiger partial charge >= 0.3 is 0 Å². The molecular formula is C15H27N5O. The summed E-state index contributed by atoms with van der Waals surface area (Å²) < 4.78 is 0. The molecule has 0 aromatic carbocycles. The summed E-state index contributed by atoms with van der Waals surface area (Å²) in [4.78, 5) is 22.8. The van der Waals surface area contributed by atoms with E-state index in [-0.39, 0.29) is 11.3 Å². The number of nitrogens with one attached hydrogen (secondary N) is 2. The Morgan fingerprint density at radius 3 is 2.43 bits per heavy atom. The predicted octanol–water partition coefficient (Wildman–Crippen LogP) is 1.78. The molecule has 0 atom stereocenters. The van der Waals surface area contributed by atoms with Crippen molar-refractivity contribution in [2.45, 2.75) is 39.5 Å². The van der Waals surface area contributed by atoms with Crippen LogP contribution in [0.1, 0.15) is 39.9 Å². The highest BCUT2D eigenvalue weighted by Crippen LogP contribution is 2.24. The van der Waals surface area contributed by atoms with E-state index in [1.807, 2.05) is 18.0 Å². The Morgan fingerprint density at radius 1 is 1.29 bits per heavy atom. The van der Waals surface area contributed by atoms with E-state index in [9.17, 15) is 4.79 Å². The van der Waals surface area contributed by atoms with Crippen molar-refractivity contribution < 1.29 is 4.79 Å². The van der Waals surface area contributed by atoms with Gasteiger partial charge in [0.25, 0.3) is 0 Å². The van der Waals surface area contributed by atoms with Gasteiger partial charge in [0.05, 0.1) is 6.54 Å². The SMILES string of the molecule is CCCN(CC(=O)NC)c1cc(NC)nc(C(C)(C)C)n1. The smallest absolute Gasteiger partial charge is 0.239 e. The van der Waals surface area contributed by atoms with Crippen molar-refractivity contribution >= 4 is 17.5 Å². The third kappa shape index (κ3) is 4.88. The average Bonchev–Trinajstić information content (AvgIpc) is 2.45. The molecular weight excluding hydrogens is 266 g/mol. The van der Waals surface area contributed by atoms with Crippen LogP contribution in [-0.2, 0) is 10.2 Å². The topological polar surface area (TPSA) is 70.2 Å². The van der Waals surface area contributed by atoms with Crippen LogP contribution in [0, 0.1) is 0 Å². The van der Waals surface area contributed by atoms with Crippen molar-refractivity contribution in [2.24, 2.45) is 0 Å². The first-order chi connectivity index (χ1) is 9.81.